The van der Waals surface area contributed by atoms with Crippen LogP contribution in [0.5, 0.6) is 0 Å². The van der Waals surface area contributed by atoms with E-state index in [9.17, 15) is 4.79 Å². The first kappa shape index (κ1) is 15.3. The van der Waals surface area contributed by atoms with Crippen LogP contribution in [0.2, 0.25) is 0 Å². The number of amides is 1. The second-order valence-electron chi connectivity index (χ2n) is 6.72. The second-order valence-corrected chi connectivity index (χ2v) is 6.72. The van der Waals surface area contributed by atoms with Crippen molar-refractivity contribution in [3.8, 4) is 0 Å². The van der Waals surface area contributed by atoms with E-state index < -0.39 is 0 Å². The molecule has 0 bridgehead atoms. The van der Waals surface area contributed by atoms with E-state index in [0.717, 1.165) is 32.4 Å². The molecule has 22 heavy (non-hydrogen) atoms. The summed E-state index contributed by atoms with van der Waals surface area (Å²) in [6, 6.07) is 8.52. The van der Waals surface area contributed by atoms with Gasteiger partial charge >= 0.3 is 0 Å². The van der Waals surface area contributed by atoms with Crippen LogP contribution in [0.4, 0.5) is 5.69 Å². The third kappa shape index (κ3) is 3.12. The maximum absolute atomic E-state index is 12.6. The van der Waals surface area contributed by atoms with Crippen LogP contribution < -0.4 is 10.6 Å². The zero-order chi connectivity index (χ0) is 15.5. The van der Waals surface area contributed by atoms with Gasteiger partial charge in [0.1, 0.15) is 0 Å². The van der Waals surface area contributed by atoms with E-state index in [-0.39, 0.29) is 17.9 Å². The molecule has 1 heterocycles. The summed E-state index contributed by atoms with van der Waals surface area (Å²) in [4.78, 5) is 16.9. The van der Waals surface area contributed by atoms with Gasteiger partial charge in [0.25, 0.3) is 0 Å². The number of benzene rings is 1. The molecule has 0 spiro atoms. The summed E-state index contributed by atoms with van der Waals surface area (Å²) in [5.41, 5.74) is 8.61. The van der Waals surface area contributed by atoms with Gasteiger partial charge in [-0.2, -0.15) is 0 Å². The number of hydrogen-bond donors (Lipinski definition) is 1. The first-order valence-electron chi connectivity index (χ1n) is 8.50. The molecule has 1 saturated carbocycles. The lowest BCUT2D eigenvalue weighted by Crippen LogP contribution is -2.39. The van der Waals surface area contributed by atoms with Crippen LogP contribution in [0, 0.1) is 5.92 Å². The van der Waals surface area contributed by atoms with Gasteiger partial charge in [-0.05, 0) is 37.3 Å². The van der Waals surface area contributed by atoms with Crippen molar-refractivity contribution in [3.05, 3.63) is 29.8 Å². The highest BCUT2D eigenvalue weighted by Gasteiger charge is 2.32. The van der Waals surface area contributed by atoms with Crippen LogP contribution in [0.1, 0.15) is 37.7 Å². The SMILES string of the molecule is CN(Cc1ccccc1N1CCCC1)C(=O)C1CCCC1N. The van der Waals surface area contributed by atoms with Crippen molar-refractivity contribution >= 4 is 11.6 Å². The van der Waals surface area contributed by atoms with Crippen LogP contribution in [-0.4, -0.2) is 37.0 Å². The Morgan fingerprint density at radius 2 is 1.95 bits per heavy atom. The first-order chi connectivity index (χ1) is 10.7. The van der Waals surface area contributed by atoms with Crippen LogP contribution in [0.3, 0.4) is 0 Å². The maximum atomic E-state index is 12.6. The standard InChI is InChI=1S/C18H27N3O/c1-20(18(22)15-8-6-9-16(15)19)13-14-7-2-3-10-17(14)21-11-4-5-12-21/h2-3,7,10,15-16H,4-6,8-9,11-13,19H2,1H3. The van der Waals surface area contributed by atoms with Gasteiger partial charge in [-0.3, -0.25) is 4.79 Å². The van der Waals surface area contributed by atoms with E-state index in [1.165, 1.54) is 24.1 Å². The Balaban J connectivity index is 1.71. The lowest BCUT2D eigenvalue weighted by Gasteiger charge is -2.27. The highest BCUT2D eigenvalue weighted by molar-refractivity contribution is 5.79. The molecule has 4 nitrogen and oxygen atoms in total. The van der Waals surface area contributed by atoms with E-state index in [2.05, 4.69) is 29.2 Å². The third-order valence-corrected chi connectivity index (χ3v) is 5.11. The molecule has 1 aromatic carbocycles. The molecule has 120 valence electrons. The van der Waals surface area contributed by atoms with Gasteiger partial charge < -0.3 is 15.5 Å². The Morgan fingerprint density at radius 3 is 2.64 bits per heavy atom. The van der Waals surface area contributed by atoms with Crippen molar-refractivity contribution in [2.45, 2.75) is 44.7 Å². The number of nitrogens with zero attached hydrogens (tertiary/aromatic N) is 2. The van der Waals surface area contributed by atoms with Gasteiger partial charge in [0.05, 0.1) is 5.92 Å². The Labute approximate surface area is 133 Å². The number of anilines is 1. The predicted octanol–water partition coefficient (Wildman–Crippen LogP) is 2.37. The lowest BCUT2D eigenvalue weighted by atomic mass is 10.0. The Bertz CT molecular complexity index is 525. The fourth-order valence-electron chi connectivity index (χ4n) is 3.82. The van der Waals surface area contributed by atoms with Crippen molar-refractivity contribution in [3.63, 3.8) is 0 Å². The summed E-state index contributed by atoms with van der Waals surface area (Å²) < 4.78 is 0. The van der Waals surface area contributed by atoms with E-state index in [1.54, 1.807) is 0 Å². The number of rotatable bonds is 4. The highest BCUT2D eigenvalue weighted by Crippen LogP contribution is 2.28. The molecule has 0 radical (unpaired) electrons. The van der Waals surface area contributed by atoms with Gasteiger partial charge in [0.2, 0.25) is 5.91 Å². The molecule has 4 heteroatoms. The lowest BCUT2D eigenvalue weighted by molar-refractivity contribution is -0.134. The van der Waals surface area contributed by atoms with Crippen molar-refractivity contribution < 1.29 is 4.79 Å². The van der Waals surface area contributed by atoms with Gasteiger partial charge in [0.15, 0.2) is 0 Å². The summed E-state index contributed by atoms with van der Waals surface area (Å²) in [5.74, 6) is 0.227. The van der Waals surface area contributed by atoms with Gasteiger partial charge in [0, 0.05) is 38.4 Å². The summed E-state index contributed by atoms with van der Waals surface area (Å²) >= 11 is 0. The van der Waals surface area contributed by atoms with Gasteiger partial charge in [-0.15, -0.1) is 0 Å². The Morgan fingerprint density at radius 1 is 1.23 bits per heavy atom. The van der Waals surface area contributed by atoms with Crippen LogP contribution >= 0.6 is 0 Å². The third-order valence-electron chi connectivity index (χ3n) is 5.11. The maximum Gasteiger partial charge on any atom is 0.227 e. The molecule has 2 N–H and O–H groups in total. The summed E-state index contributed by atoms with van der Waals surface area (Å²) in [7, 11) is 1.91. The molecular weight excluding hydrogens is 274 g/mol. The largest absolute Gasteiger partial charge is 0.371 e. The van der Waals surface area contributed by atoms with E-state index in [1.807, 2.05) is 11.9 Å². The van der Waals surface area contributed by atoms with Crippen LogP contribution in [-0.2, 0) is 11.3 Å². The second kappa shape index (κ2) is 6.69. The van der Waals surface area contributed by atoms with Crippen molar-refractivity contribution in [2.24, 2.45) is 11.7 Å². The number of carbonyl (C=O) groups excluding carboxylic acids is 1. The minimum absolute atomic E-state index is 0.0175. The normalized spacial score (nSPS) is 24.7. The molecule has 0 aromatic heterocycles. The smallest absolute Gasteiger partial charge is 0.227 e. The molecule has 1 aliphatic heterocycles. The topological polar surface area (TPSA) is 49.6 Å². The predicted molar refractivity (Wildman–Crippen MR) is 89.7 cm³/mol. The first-order valence-corrected chi connectivity index (χ1v) is 8.50. The monoisotopic (exact) mass is 301 g/mol. The average Bonchev–Trinajstić information content (AvgIpc) is 3.18. The van der Waals surface area contributed by atoms with Crippen molar-refractivity contribution in [2.75, 3.05) is 25.0 Å². The number of nitrogens with two attached hydrogens (primary N) is 1. The molecule has 2 atom stereocenters. The van der Waals surface area contributed by atoms with E-state index in [4.69, 9.17) is 5.73 Å². The molecule has 2 aliphatic rings. The minimum Gasteiger partial charge on any atom is -0.371 e. The molecule has 1 saturated heterocycles. The Hall–Kier alpha value is -1.55. The summed E-state index contributed by atoms with van der Waals surface area (Å²) in [6.07, 6.45) is 5.53. The zero-order valence-corrected chi connectivity index (χ0v) is 13.5. The van der Waals surface area contributed by atoms with Crippen LogP contribution in [0.25, 0.3) is 0 Å². The van der Waals surface area contributed by atoms with Crippen molar-refractivity contribution in [1.29, 1.82) is 0 Å². The number of carbonyl (C=O) groups is 1. The van der Waals surface area contributed by atoms with Gasteiger partial charge in [-0.25, -0.2) is 0 Å². The van der Waals surface area contributed by atoms with E-state index in [0.29, 0.717) is 6.54 Å². The molecule has 3 rings (SSSR count). The summed E-state index contributed by atoms with van der Waals surface area (Å²) in [6.45, 7) is 2.93. The minimum atomic E-state index is 0.0175. The van der Waals surface area contributed by atoms with Crippen molar-refractivity contribution in [1.82, 2.24) is 4.90 Å². The molecule has 1 aliphatic carbocycles. The van der Waals surface area contributed by atoms with E-state index >= 15 is 0 Å². The number of hydrogen-bond acceptors (Lipinski definition) is 3. The Kier molecular flexibility index (Phi) is 4.67. The molecular formula is C18H27N3O. The average molecular weight is 301 g/mol. The quantitative estimate of drug-likeness (QED) is 0.929. The number of para-hydroxylation sites is 1. The van der Waals surface area contributed by atoms with Gasteiger partial charge in [-0.1, -0.05) is 24.6 Å². The fraction of sp³-hybridized carbons (Fsp3) is 0.611. The zero-order valence-electron chi connectivity index (χ0n) is 13.5. The summed E-state index contributed by atoms with van der Waals surface area (Å²) in [5, 5.41) is 0. The molecule has 1 aromatic rings. The molecule has 1 amide bonds. The fourth-order valence-corrected chi connectivity index (χ4v) is 3.82. The molecule has 2 unspecified atom stereocenters. The van der Waals surface area contributed by atoms with Crippen LogP contribution in [0.15, 0.2) is 24.3 Å². The highest BCUT2D eigenvalue weighted by atomic mass is 16.2. The molecule has 2 fully saturated rings.